The van der Waals surface area contributed by atoms with Crippen LogP contribution in [0.1, 0.15) is 34.0 Å². The van der Waals surface area contributed by atoms with Crippen LogP contribution in [0.2, 0.25) is 0 Å². The Balaban J connectivity index is 1.67. The SMILES string of the molecule is CCOc1cc(/C=N/NC(=O)c2cccc(OC)c2)cc(I)c1OCC(=O)Nc1cccc(C)c1C. The smallest absolute Gasteiger partial charge is 0.271 e. The maximum Gasteiger partial charge on any atom is 0.271 e. The van der Waals surface area contributed by atoms with Crippen LogP contribution in [0, 0.1) is 17.4 Å². The van der Waals surface area contributed by atoms with Crippen molar-refractivity contribution in [2.45, 2.75) is 20.8 Å². The number of rotatable bonds is 10. The lowest BCUT2D eigenvalue weighted by molar-refractivity contribution is -0.118. The van der Waals surface area contributed by atoms with E-state index in [1.807, 2.05) is 45.0 Å². The van der Waals surface area contributed by atoms with Crippen molar-refractivity contribution in [3.8, 4) is 17.2 Å². The van der Waals surface area contributed by atoms with Crippen LogP contribution in [0.3, 0.4) is 0 Å². The molecule has 0 spiro atoms. The molecule has 0 saturated heterocycles. The van der Waals surface area contributed by atoms with Gasteiger partial charge in [-0.05, 0) is 96.5 Å². The number of hydrazone groups is 1. The van der Waals surface area contributed by atoms with Gasteiger partial charge in [-0.3, -0.25) is 9.59 Å². The second-order valence-corrected chi connectivity index (χ2v) is 8.94. The van der Waals surface area contributed by atoms with Crippen molar-refractivity contribution in [3.05, 3.63) is 80.4 Å². The zero-order valence-electron chi connectivity index (χ0n) is 20.6. The minimum Gasteiger partial charge on any atom is -0.497 e. The first kappa shape index (κ1) is 27.0. The highest BCUT2D eigenvalue weighted by Crippen LogP contribution is 2.34. The molecule has 0 aliphatic heterocycles. The van der Waals surface area contributed by atoms with Crippen molar-refractivity contribution < 1.29 is 23.8 Å². The number of hydrogen-bond donors (Lipinski definition) is 2. The summed E-state index contributed by atoms with van der Waals surface area (Å²) in [6.45, 7) is 6.05. The summed E-state index contributed by atoms with van der Waals surface area (Å²) in [7, 11) is 1.54. The standard InChI is InChI=1S/C27H28IN3O5/c1-5-35-24-13-19(15-29-31-27(33)20-9-7-10-21(14-20)34-4)12-22(28)26(24)36-16-25(32)30-23-11-6-8-17(2)18(23)3/h6-15H,5,16H2,1-4H3,(H,30,32)(H,31,33)/b29-15+. The third kappa shape index (κ3) is 7.20. The predicted octanol–water partition coefficient (Wildman–Crippen LogP) is 5.10. The molecule has 3 aromatic rings. The van der Waals surface area contributed by atoms with Crippen LogP contribution >= 0.6 is 22.6 Å². The number of ether oxygens (including phenoxy) is 3. The number of benzene rings is 3. The van der Waals surface area contributed by atoms with Gasteiger partial charge in [0.05, 0.1) is 23.5 Å². The van der Waals surface area contributed by atoms with Crippen molar-refractivity contribution in [2.75, 3.05) is 25.6 Å². The molecule has 0 aliphatic rings. The van der Waals surface area contributed by atoms with E-state index < -0.39 is 0 Å². The number of nitrogens with zero attached hydrogens (tertiary/aromatic N) is 1. The quantitative estimate of drug-likeness (QED) is 0.192. The number of hydrogen-bond acceptors (Lipinski definition) is 6. The van der Waals surface area contributed by atoms with E-state index in [2.05, 4.69) is 38.4 Å². The van der Waals surface area contributed by atoms with Gasteiger partial charge in [0.25, 0.3) is 11.8 Å². The molecule has 188 valence electrons. The number of anilines is 1. The van der Waals surface area contributed by atoms with Gasteiger partial charge in [-0.1, -0.05) is 18.2 Å². The van der Waals surface area contributed by atoms with Crippen LogP contribution in [0.25, 0.3) is 0 Å². The summed E-state index contributed by atoms with van der Waals surface area (Å²) in [5, 5.41) is 6.94. The highest BCUT2D eigenvalue weighted by Gasteiger charge is 2.15. The Labute approximate surface area is 224 Å². The molecule has 3 aromatic carbocycles. The lowest BCUT2D eigenvalue weighted by atomic mass is 10.1. The fourth-order valence-electron chi connectivity index (χ4n) is 3.27. The molecule has 0 heterocycles. The Morgan fingerprint density at radius 2 is 1.83 bits per heavy atom. The molecule has 3 rings (SSSR count). The molecule has 0 radical (unpaired) electrons. The zero-order valence-corrected chi connectivity index (χ0v) is 22.7. The third-order valence-electron chi connectivity index (χ3n) is 5.27. The molecular weight excluding hydrogens is 573 g/mol. The average molecular weight is 601 g/mol. The molecule has 8 nitrogen and oxygen atoms in total. The fraction of sp³-hybridized carbons (Fsp3) is 0.222. The van der Waals surface area contributed by atoms with E-state index in [1.54, 1.807) is 30.3 Å². The number of nitrogens with one attached hydrogen (secondary N) is 2. The molecule has 0 fully saturated rings. The summed E-state index contributed by atoms with van der Waals surface area (Å²) < 4.78 is 17.5. The third-order valence-corrected chi connectivity index (χ3v) is 6.07. The van der Waals surface area contributed by atoms with E-state index >= 15 is 0 Å². The van der Waals surface area contributed by atoms with Gasteiger partial charge in [0.1, 0.15) is 5.75 Å². The van der Waals surface area contributed by atoms with Crippen LogP contribution in [0.15, 0.2) is 59.7 Å². The van der Waals surface area contributed by atoms with Gasteiger partial charge in [-0.2, -0.15) is 5.10 Å². The topological polar surface area (TPSA) is 98.2 Å². The van der Waals surface area contributed by atoms with Gasteiger partial charge in [0.15, 0.2) is 18.1 Å². The van der Waals surface area contributed by atoms with E-state index in [-0.39, 0.29) is 18.4 Å². The first-order valence-electron chi connectivity index (χ1n) is 11.2. The second kappa shape index (κ2) is 12.9. The summed E-state index contributed by atoms with van der Waals surface area (Å²) >= 11 is 2.11. The highest BCUT2D eigenvalue weighted by molar-refractivity contribution is 14.1. The summed E-state index contributed by atoms with van der Waals surface area (Å²) in [6, 6.07) is 16.1. The summed E-state index contributed by atoms with van der Waals surface area (Å²) in [5.41, 5.74) is 6.49. The van der Waals surface area contributed by atoms with E-state index in [9.17, 15) is 9.59 Å². The lowest BCUT2D eigenvalue weighted by Gasteiger charge is -2.15. The minimum absolute atomic E-state index is 0.173. The van der Waals surface area contributed by atoms with Gasteiger partial charge >= 0.3 is 0 Å². The zero-order chi connectivity index (χ0) is 26.1. The Bertz CT molecular complexity index is 1280. The van der Waals surface area contributed by atoms with Crippen LogP contribution in [-0.2, 0) is 4.79 Å². The first-order chi connectivity index (χ1) is 17.3. The van der Waals surface area contributed by atoms with Gasteiger partial charge in [0, 0.05) is 11.3 Å². The molecule has 0 aromatic heterocycles. The van der Waals surface area contributed by atoms with Gasteiger partial charge in [-0.25, -0.2) is 5.43 Å². The molecule has 0 unspecified atom stereocenters. The van der Waals surface area contributed by atoms with E-state index in [0.717, 1.165) is 20.4 Å². The summed E-state index contributed by atoms with van der Waals surface area (Å²) in [6.07, 6.45) is 1.51. The molecule has 2 N–H and O–H groups in total. The minimum atomic E-state index is -0.361. The van der Waals surface area contributed by atoms with Crippen molar-refractivity contribution in [1.29, 1.82) is 0 Å². The molecule has 2 amide bonds. The Morgan fingerprint density at radius 3 is 2.58 bits per heavy atom. The van der Waals surface area contributed by atoms with Crippen LogP contribution in [0.5, 0.6) is 17.2 Å². The Morgan fingerprint density at radius 1 is 1.06 bits per heavy atom. The molecule has 9 heteroatoms. The van der Waals surface area contributed by atoms with Crippen molar-refractivity contribution in [2.24, 2.45) is 5.10 Å². The number of aryl methyl sites for hydroxylation is 1. The molecule has 0 saturated carbocycles. The number of carbonyl (C=O) groups is 2. The fourth-order valence-corrected chi connectivity index (χ4v) is 4.05. The van der Waals surface area contributed by atoms with Crippen molar-refractivity contribution in [1.82, 2.24) is 5.43 Å². The molecular formula is C27H28IN3O5. The number of amides is 2. The normalized spacial score (nSPS) is 10.7. The second-order valence-electron chi connectivity index (χ2n) is 7.78. The van der Waals surface area contributed by atoms with E-state index in [4.69, 9.17) is 14.2 Å². The van der Waals surface area contributed by atoms with Gasteiger partial charge in [-0.15, -0.1) is 0 Å². The maximum atomic E-state index is 12.5. The highest BCUT2D eigenvalue weighted by atomic mass is 127. The Hall–Kier alpha value is -3.60. The van der Waals surface area contributed by atoms with Crippen LogP contribution in [-0.4, -0.2) is 38.4 Å². The first-order valence-corrected chi connectivity index (χ1v) is 12.3. The number of methoxy groups -OCH3 is 1. The van der Waals surface area contributed by atoms with Crippen molar-refractivity contribution >= 4 is 46.3 Å². The van der Waals surface area contributed by atoms with Crippen LogP contribution in [0.4, 0.5) is 5.69 Å². The molecule has 36 heavy (non-hydrogen) atoms. The van der Waals surface area contributed by atoms with E-state index in [0.29, 0.717) is 35.0 Å². The van der Waals surface area contributed by atoms with E-state index in [1.165, 1.54) is 13.3 Å². The molecule has 0 atom stereocenters. The van der Waals surface area contributed by atoms with Crippen LogP contribution < -0.4 is 25.0 Å². The number of halogens is 1. The average Bonchev–Trinajstić information content (AvgIpc) is 2.86. The lowest BCUT2D eigenvalue weighted by Crippen LogP contribution is -2.21. The molecule has 0 aliphatic carbocycles. The van der Waals surface area contributed by atoms with Gasteiger partial charge in [0.2, 0.25) is 0 Å². The summed E-state index contributed by atoms with van der Waals surface area (Å²) in [5.74, 6) is 0.893. The van der Waals surface area contributed by atoms with Crippen molar-refractivity contribution in [3.63, 3.8) is 0 Å². The maximum absolute atomic E-state index is 12.5. The largest absolute Gasteiger partial charge is 0.497 e. The monoisotopic (exact) mass is 601 g/mol. The summed E-state index contributed by atoms with van der Waals surface area (Å²) in [4.78, 5) is 24.9. The van der Waals surface area contributed by atoms with Gasteiger partial charge < -0.3 is 19.5 Å². The Kier molecular flexibility index (Phi) is 9.69. The number of carbonyl (C=O) groups excluding carboxylic acids is 2. The molecule has 0 bridgehead atoms. The predicted molar refractivity (Wildman–Crippen MR) is 148 cm³/mol.